The molecule has 0 saturated carbocycles. The molecule has 1 aliphatic heterocycles. The number of carbonyl (C=O) groups excluding carboxylic acids is 2. The third-order valence-electron chi connectivity index (χ3n) is 3.67. The molecule has 9 nitrogen and oxygen atoms in total. The molecule has 1 aliphatic rings. The van der Waals surface area contributed by atoms with E-state index in [0.29, 0.717) is 24.0 Å². The third kappa shape index (κ3) is 4.31. The summed E-state index contributed by atoms with van der Waals surface area (Å²) in [5, 5.41) is 13.6. The Bertz CT molecular complexity index is 752. The Labute approximate surface area is 154 Å². The summed E-state index contributed by atoms with van der Waals surface area (Å²) < 4.78 is 5.12. The van der Waals surface area contributed by atoms with Gasteiger partial charge in [0.15, 0.2) is 5.17 Å². The highest BCUT2D eigenvalue weighted by molar-refractivity contribution is 8.15. The van der Waals surface area contributed by atoms with Crippen molar-refractivity contribution in [2.24, 2.45) is 4.99 Å². The summed E-state index contributed by atoms with van der Waals surface area (Å²) in [7, 11) is 1.40. The Morgan fingerprint density at radius 3 is 2.77 bits per heavy atom. The van der Waals surface area contributed by atoms with Crippen LogP contribution in [0, 0.1) is 10.1 Å². The van der Waals surface area contributed by atoms with Gasteiger partial charge in [0.1, 0.15) is 11.0 Å². The Morgan fingerprint density at radius 2 is 2.19 bits per heavy atom. The molecule has 26 heavy (non-hydrogen) atoms. The third-order valence-corrected chi connectivity index (χ3v) is 4.88. The lowest BCUT2D eigenvalue weighted by atomic mass is 10.2. The minimum atomic E-state index is -0.565. The fourth-order valence-corrected chi connectivity index (χ4v) is 3.73. The molecule has 1 unspecified atom stereocenters. The van der Waals surface area contributed by atoms with Crippen LogP contribution in [0.25, 0.3) is 0 Å². The van der Waals surface area contributed by atoms with Gasteiger partial charge in [-0.05, 0) is 19.9 Å². The molecule has 2 rings (SSSR count). The molecule has 1 aromatic rings. The van der Waals surface area contributed by atoms with Crippen LogP contribution in [-0.4, -0.2) is 52.3 Å². The quantitative estimate of drug-likeness (QED) is 0.573. The highest BCUT2D eigenvalue weighted by Crippen LogP contribution is 2.32. The van der Waals surface area contributed by atoms with E-state index < -0.39 is 16.1 Å². The summed E-state index contributed by atoms with van der Waals surface area (Å²) in [5.41, 5.74) is 0.0267. The predicted octanol–water partition coefficient (Wildman–Crippen LogP) is 2.27. The normalized spacial score (nSPS) is 18.3. The molecule has 1 aromatic carbocycles. The second-order valence-corrected chi connectivity index (χ2v) is 6.51. The average molecular weight is 380 g/mol. The van der Waals surface area contributed by atoms with E-state index in [1.165, 1.54) is 37.1 Å². The zero-order valence-corrected chi connectivity index (χ0v) is 15.5. The van der Waals surface area contributed by atoms with Crippen molar-refractivity contribution in [1.29, 1.82) is 0 Å². The van der Waals surface area contributed by atoms with E-state index in [1.54, 1.807) is 4.90 Å². The maximum absolute atomic E-state index is 12.4. The van der Waals surface area contributed by atoms with E-state index in [2.05, 4.69) is 10.3 Å². The summed E-state index contributed by atoms with van der Waals surface area (Å²) >= 11 is 1.26. The van der Waals surface area contributed by atoms with Crippen LogP contribution in [0.1, 0.15) is 20.3 Å². The van der Waals surface area contributed by atoms with Crippen LogP contribution in [0.15, 0.2) is 23.2 Å². The Morgan fingerprint density at radius 1 is 1.46 bits per heavy atom. The molecule has 0 aromatic heterocycles. The van der Waals surface area contributed by atoms with Crippen LogP contribution in [-0.2, 0) is 9.59 Å². The Balaban J connectivity index is 2.12. The minimum Gasteiger partial charge on any atom is -0.495 e. The molecule has 0 spiro atoms. The maximum atomic E-state index is 12.4. The highest BCUT2D eigenvalue weighted by Gasteiger charge is 2.38. The predicted molar refractivity (Wildman–Crippen MR) is 99.6 cm³/mol. The van der Waals surface area contributed by atoms with E-state index in [-0.39, 0.29) is 23.7 Å². The zero-order chi connectivity index (χ0) is 19.3. The van der Waals surface area contributed by atoms with Gasteiger partial charge in [-0.2, -0.15) is 0 Å². The van der Waals surface area contributed by atoms with Crippen molar-refractivity contribution in [2.75, 3.05) is 25.5 Å². The number of benzene rings is 1. The first kappa shape index (κ1) is 19.7. The van der Waals surface area contributed by atoms with Gasteiger partial charge in [0.2, 0.25) is 11.8 Å². The Kier molecular flexibility index (Phi) is 6.56. The number of hydrogen-bond acceptors (Lipinski definition) is 7. The fourth-order valence-electron chi connectivity index (χ4n) is 2.46. The number of amides is 2. The van der Waals surface area contributed by atoms with Gasteiger partial charge in [-0.25, -0.2) is 0 Å². The van der Waals surface area contributed by atoms with Crippen LogP contribution in [0.5, 0.6) is 5.75 Å². The molecule has 1 N–H and O–H groups in total. The number of aliphatic imine (C=N–C) groups is 1. The number of ether oxygens (including phenoxy) is 1. The molecule has 1 saturated heterocycles. The molecule has 1 atom stereocenters. The molecule has 0 bridgehead atoms. The number of nitro benzene ring substituents is 1. The lowest BCUT2D eigenvalue weighted by molar-refractivity contribution is -0.384. The number of thioether (sulfide) groups is 1. The number of hydrogen-bond donors (Lipinski definition) is 1. The van der Waals surface area contributed by atoms with Gasteiger partial charge in [0, 0.05) is 31.6 Å². The Hall–Kier alpha value is -2.62. The van der Waals surface area contributed by atoms with E-state index >= 15 is 0 Å². The standard InChI is InChI=1S/C16H20N4O5S/c1-4-17-16-19(5-2)15(22)13(26-16)9-14(21)18-11-8-10(20(23)24)6-7-12(11)25-3/h6-8,13H,4-5,9H2,1-3H3,(H,18,21). The summed E-state index contributed by atoms with van der Waals surface area (Å²) in [4.78, 5) is 41.0. The van der Waals surface area contributed by atoms with E-state index in [1.807, 2.05) is 13.8 Å². The largest absolute Gasteiger partial charge is 0.495 e. The van der Waals surface area contributed by atoms with Crippen LogP contribution in [0.3, 0.4) is 0 Å². The first-order chi connectivity index (χ1) is 12.4. The number of carbonyl (C=O) groups is 2. The minimum absolute atomic E-state index is 0.0609. The lowest BCUT2D eigenvalue weighted by Crippen LogP contribution is -2.33. The molecule has 140 valence electrons. The van der Waals surface area contributed by atoms with Gasteiger partial charge in [-0.3, -0.25) is 29.6 Å². The summed E-state index contributed by atoms with van der Waals surface area (Å²) in [6, 6.07) is 3.92. The van der Waals surface area contributed by atoms with Crippen molar-refractivity contribution in [3.05, 3.63) is 28.3 Å². The molecule has 0 radical (unpaired) electrons. The number of anilines is 1. The van der Waals surface area contributed by atoms with Gasteiger partial charge in [0.05, 0.1) is 17.7 Å². The van der Waals surface area contributed by atoms with E-state index in [9.17, 15) is 19.7 Å². The molecule has 1 fully saturated rings. The van der Waals surface area contributed by atoms with Gasteiger partial charge in [-0.1, -0.05) is 11.8 Å². The van der Waals surface area contributed by atoms with Crippen LogP contribution >= 0.6 is 11.8 Å². The van der Waals surface area contributed by atoms with Crippen LogP contribution in [0.2, 0.25) is 0 Å². The maximum Gasteiger partial charge on any atom is 0.271 e. The van der Waals surface area contributed by atoms with E-state index in [4.69, 9.17) is 4.74 Å². The van der Waals surface area contributed by atoms with Crippen molar-refractivity contribution in [2.45, 2.75) is 25.5 Å². The summed E-state index contributed by atoms with van der Waals surface area (Å²) in [6.45, 7) is 4.76. The molecule has 0 aliphatic carbocycles. The van der Waals surface area contributed by atoms with Gasteiger partial charge < -0.3 is 10.1 Å². The molecule has 2 amide bonds. The molecular formula is C16H20N4O5S. The SMILES string of the molecule is CCN=C1SC(CC(=O)Nc2cc([N+](=O)[O-])ccc2OC)C(=O)N1CC. The number of nitrogens with zero attached hydrogens (tertiary/aromatic N) is 3. The van der Waals surface area contributed by atoms with Crippen molar-refractivity contribution < 1.29 is 19.2 Å². The average Bonchev–Trinajstić information content (AvgIpc) is 2.89. The zero-order valence-electron chi connectivity index (χ0n) is 14.7. The van der Waals surface area contributed by atoms with Crippen molar-refractivity contribution in [3.8, 4) is 5.75 Å². The lowest BCUT2D eigenvalue weighted by Gasteiger charge is -2.13. The smallest absolute Gasteiger partial charge is 0.271 e. The van der Waals surface area contributed by atoms with Gasteiger partial charge >= 0.3 is 0 Å². The van der Waals surface area contributed by atoms with Gasteiger partial charge in [-0.15, -0.1) is 0 Å². The first-order valence-electron chi connectivity index (χ1n) is 8.06. The second-order valence-electron chi connectivity index (χ2n) is 5.34. The second kappa shape index (κ2) is 8.65. The van der Waals surface area contributed by atoms with Crippen molar-refractivity contribution in [3.63, 3.8) is 0 Å². The first-order valence-corrected chi connectivity index (χ1v) is 8.93. The van der Waals surface area contributed by atoms with Crippen molar-refractivity contribution in [1.82, 2.24) is 4.90 Å². The number of non-ortho nitro benzene ring substituents is 1. The number of rotatable bonds is 7. The molecule has 1 heterocycles. The molecular weight excluding hydrogens is 360 g/mol. The highest BCUT2D eigenvalue weighted by atomic mass is 32.2. The van der Waals surface area contributed by atoms with Crippen molar-refractivity contribution >= 4 is 40.1 Å². The topological polar surface area (TPSA) is 114 Å². The fraction of sp³-hybridized carbons (Fsp3) is 0.438. The monoisotopic (exact) mass is 380 g/mol. The summed E-state index contributed by atoms with van der Waals surface area (Å²) in [5.74, 6) is -0.285. The number of amidine groups is 1. The van der Waals surface area contributed by atoms with Gasteiger partial charge in [0.25, 0.3) is 5.69 Å². The van der Waals surface area contributed by atoms with Crippen LogP contribution < -0.4 is 10.1 Å². The van der Waals surface area contributed by atoms with Crippen LogP contribution in [0.4, 0.5) is 11.4 Å². The number of nitro groups is 1. The summed E-state index contributed by atoms with van der Waals surface area (Å²) in [6.07, 6.45) is -0.0609. The van der Waals surface area contributed by atoms with E-state index in [0.717, 1.165) is 0 Å². The number of methoxy groups -OCH3 is 1. The number of nitrogens with one attached hydrogen (secondary N) is 1. The molecule has 10 heteroatoms.